The molecule has 7 nitrogen and oxygen atoms in total. The lowest BCUT2D eigenvalue weighted by molar-refractivity contribution is 0.347. The third kappa shape index (κ3) is 6.59. The standard InChI is InChI=1S/C21H29N3O4.HI/c1-22-21(24(2)14-15-7-9-17(25-3)10-8-15)23-13-16-11-19(27-5)20(28-6)12-18(16)26-4;/h7-12H,13-14H2,1-6H3,(H,22,23);1H. The minimum absolute atomic E-state index is 0. The van der Waals surface area contributed by atoms with E-state index in [9.17, 15) is 0 Å². The maximum atomic E-state index is 5.49. The van der Waals surface area contributed by atoms with E-state index in [0.717, 1.165) is 28.6 Å². The summed E-state index contributed by atoms with van der Waals surface area (Å²) in [6.07, 6.45) is 0. The van der Waals surface area contributed by atoms with Crippen LogP contribution in [0.4, 0.5) is 0 Å². The van der Waals surface area contributed by atoms with Gasteiger partial charge in [0.15, 0.2) is 17.5 Å². The summed E-state index contributed by atoms with van der Waals surface area (Å²) in [4.78, 5) is 6.43. The molecule has 0 radical (unpaired) electrons. The highest BCUT2D eigenvalue weighted by molar-refractivity contribution is 14.0. The van der Waals surface area contributed by atoms with Gasteiger partial charge in [0.2, 0.25) is 0 Å². The molecule has 0 bridgehead atoms. The molecule has 29 heavy (non-hydrogen) atoms. The van der Waals surface area contributed by atoms with Gasteiger partial charge in [-0.05, 0) is 23.8 Å². The maximum absolute atomic E-state index is 5.49. The normalized spacial score (nSPS) is 10.6. The van der Waals surface area contributed by atoms with Gasteiger partial charge in [0.1, 0.15) is 11.5 Å². The van der Waals surface area contributed by atoms with Crippen LogP contribution in [0.2, 0.25) is 0 Å². The second-order valence-corrected chi connectivity index (χ2v) is 6.12. The lowest BCUT2D eigenvalue weighted by Gasteiger charge is -2.23. The summed E-state index contributed by atoms with van der Waals surface area (Å²) in [6, 6.07) is 11.7. The van der Waals surface area contributed by atoms with E-state index in [1.807, 2.05) is 43.4 Å². The highest BCUT2D eigenvalue weighted by Gasteiger charge is 2.13. The van der Waals surface area contributed by atoms with Crippen molar-refractivity contribution >= 4 is 29.9 Å². The van der Waals surface area contributed by atoms with Crippen LogP contribution in [0.5, 0.6) is 23.0 Å². The van der Waals surface area contributed by atoms with E-state index in [-0.39, 0.29) is 24.0 Å². The number of methoxy groups -OCH3 is 4. The molecule has 0 atom stereocenters. The van der Waals surface area contributed by atoms with Gasteiger partial charge in [0.25, 0.3) is 0 Å². The molecular formula is C21H30IN3O4. The van der Waals surface area contributed by atoms with E-state index in [1.54, 1.807) is 35.5 Å². The number of hydrogen-bond acceptors (Lipinski definition) is 5. The molecule has 0 aliphatic carbocycles. The molecule has 8 heteroatoms. The predicted octanol–water partition coefficient (Wildman–Crippen LogP) is 3.55. The van der Waals surface area contributed by atoms with Crippen LogP contribution < -0.4 is 24.3 Å². The molecule has 0 unspecified atom stereocenters. The Kier molecular flexibility index (Phi) is 10.4. The lowest BCUT2D eigenvalue weighted by Crippen LogP contribution is -2.38. The zero-order valence-electron chi connectivity index (χ0n) is 17.8. The van der Waals surface area contributed by atoms with Gasteiger partial charge in [0, 0.05) is 38.8 Å². The summed E-state index contributed by atoms with van der Waals surface area (Å²) < 4.78 is 21.4. The van der Waals surface area contributed by atoms with Crippen molar-refractivity contribution in [1.82, 2.24) is 10.2 Å². The molecule has 0 fully saturated rings. The van der Waals surface area contributed by atoms with Crippen LogP contribution in [0.3, 0.4) is 0 Å². The van der Waals surface area contributed by atoms with Crippen LogP contribution in [0, 0.1) is 0 Å². The molecule has 0 spiro atoms. The summed E-state index contributed by atoms with van der Waals surface area (Å²) in [5.41, 5.74) is 2.11. The summed E-state index contributed by atoms with van der Waals surface area (Å²) >= 11 is 0. The summed E-state index contributed by atoms with van der Waals surface area (Å²) in [6.45, 7) is 1.25. The first kappa shape index (κ1) is 24.7. The minimum atomic E-state index is 0. The van der Waals surface area contributed by atoms with Crippen LogP contribution in [-0.2, 0) is 13.1 Å². The average Bonchev–Trinajstić information content (AvgIpc) is 2.74. The van der Waals surface area contributed by atoms with E-state index in [4.69, 9.17) is 18.9 Å². The van der Waals surface area contributed by atoms with Crippen molar-refractivity contribution in [3.63, 3.8) is 0 Å². The number of nitrogens with zero attached hydrogens (tertiary/aromatic N) is 2. The first-order chi connectivity index (χ1) is 13.6. The third-order valence-electron chi connectivity index (χ3n) is 4.38. The molecule has 0 aliphatic rings. The quantitative estimate of drug-likeness (QED) is 0.330. The first-order valence-corrected chi connectivity index (χ1v) is 8.89. The zero-order chi connectivity index (χ0) is 20.5. The Morgan fingerprint density at radius 3 is 2.00 bits per heavy atom. The second-order valence-electron chi connectivity index (χ2n) is 6.12. The highest BCUT2D eigenvalue weighted by atomic mass is 127. The number of benzene rings is 2. The van der Waals surface area contributed by atoms with E-state index in [2.05, 4.69) is 15.2 Å². The van der Waals surface area contributed by atoms with Crippen molar-refractivity contribution in [2.75, 3.05) is 42.5 Å². The molecule has 0 heterocycles. The monoisotopic (exact) mass is 515 g/mol. The van der Waals surface area contributed by atoms with Gasteiger partial charge in [-0.1, -0.05) is 12.1 Å². The molecule has 0 amide bonds. The number of guanidine groups is 1. The fourth-order valence-electron chi connectivity index (χ4n) is 2.87. The Morgan fingerprint density at radius 1 is 0.897 bits per heavy atom. The number of nitrogens with one attached hydrogen (secondary N) is 1. The molecule has 2 aromatic rings. The molecule has 0 aromatic heterocycles. The average molecular weight is 515 g/mol. The Balaban J connectivity index is 0.00000420. The molecule has 2 aromatic carbocycles. The Bertz CT molecular complexity index is 797. The fraction of sp³-hybridized carbons (Fsp3) is 0.381. The maximum Gasteiger partial charge on any atom is 0.193 e. The van der Waals surface area contributed by atoms with Gasteiger partial charge >= 0.3 is 0 Å². The Hall–Kier alpha value is -2.36. The van der Waals surface area contributed by atoms with Gasteiger partial charge in [-0.3, -0.25) is 4.99 Å². The van der Waals surface area contributed by atoms with E-state index in [1.165, 1.54) is 0 Å². The topological polar surface area (TPSA) is 64.6 Å². The van der Waals surface area contributed by atoms with Crippen molar-refractivity contribution in [2.24, 2.45) is 4.99 Å². The third-order valence-corrected chi connectivity index (χ3v) is 4.38. The van der Waals surface area contributed by atoms with Crippen LogP contribution in [0.15, 0.2) is 41.4 Å². The first-order valence-electron chi connectivity index (χ1n) is 8.89. The predicted molar refractivity (Wildman–Crippen MR) is 126 cm³/mol. The van der Waals surface area contributed by atoms with E-state index in [0.29, 0.717) is 24.6 Å². The fourth-order valence-corrected chi connectivity index (χ4v) is 2.87. The minimum Gasteiger partial charge on any atom is -0.497 e. The van der Waals surface area contributed by atoms with E-state index < -0.39 is 0 Å². The lowest BCUT2D eigenvalue weighted by atomic mass is 10.1. The van der Waals surface area contributed by atoms with Crippen LogP contribution in [0.25, 0.3) is 0 Å². The summed E-state index contributed by atoms with van der Waals surface area (Å²) in [5, 5.41) is 3.37. The van der Waals surface area contributed by atoms with Gasteiger partial charge in [-0.25, -0.2) is 0 Å². The number of halogens is 1. The van der Waals surface area contributed by atoms with E-state index >= 15 is 0 Å². The van der Waals surface area contributed by atoms with Crippen molar-refractivity contribution in [3.05, 3.63) is 47.5 Å². The molecule has 160 valence electrons. The van der Waals surface area contributed by atoms with Gasteiger partial charge < -0.3 is 29.2 Å². The number of aliphatic imine (C=N–C) groups is 1. The SMILES string of the molecule is CN=C(NCc1cc(OC)c(OC)cc1OC)N(C)Cc1ccc(OC)cc1.I. The summed E-state index contributed by atoms with van der Waals surface area (Å²) in [7, 11) is 10.3. The molecule has 0 saturated heterocycles. The van der Waals surface area contributed by atoms with Crippen molar-refractivity contribution < 1.29 is 18.9 Å². The second kappa shape index (κ2) is 12.3. The van der Waals surface area contributed by atoms with Crippen LogP contribution in [0.1, 0.15) is 11.1 Å². The summed E-state index contributed by atoms with van der Waals surface area (Å²) in [5.74, 6) is 3.62. The van der Waals surface area contributed by atoms with Crippen molar-refractivity contribution in [2.45, 2.75) is 13.1 Å². The van der Waals surface area contributed by atoms with Crippen molar-refractivity contribution in [1.29, 1.82) is 0 Å². The highest BCUT2D eigenvalue weighted by Crippen LogP contribution is 2.34. The Labute approximate surface area is 190 Å². The largest absolute Gasteiger partial charge is 0.497 e. The molecule has 2 rings (SSSR count). The van der Waals surface area contributed by atoms with Crippen molar-refractivity contribution in [3.8, 4) is 23.0 Å². The van der Waals surface area contributed by atoms with Gasteiger partial charge in [-0.15, -0.1) is 24.0 Å². The molecule has 0 aliphatic heterocycles. The Morgan fingerprint density at radius 2 is 1.48 bits per heavy atom. The zero-order valence-corrected chi connectivity index (χ0v) is 20.1. The molecule has 0 saturated carbocycles. The molecular weight excluding hydrogens is 485 g/mol. The number of ether oxygens (including phenoxy) is 4. The van der Waals surface area contributed by atoms with Gasteiger partial charge in [-0.2, -0.15) is 0 Å². The number of hydrogen-bond donors (Lipinski definition) is 1. The van der Waals surface area contributed by atoms with Crippen LogP contribution in [-0.4, -0.2) is 53.4 Å². The van der Waals surface area contributed by atoms with Gasteiger partial charge in [0.05, 0.1) is 28.4 Å². The number of rotatable bonds is 8. The molecule has 1 N–H and O–H groups in total. The van der Waals surface area contributed by atoms with Crippen LogP contribution >= 0.6 is 24.0 Å². The smallest absolute Gasteiger partial charge is 0.193 e.